The van der Waals surface area contributed by atoms with Crippen LogP contribution in [-0.2, 0) is 0 Å². The molecule has 0 saturated heterocycles. The first-order chi connectivity index (χ1) is 8.93. The maximum atomic E-state index is 11.8. The number of hydrogen-bond donors (Lipinski definition) is 1. The molecule has 0 aromatic heterocycles. The Balaban J connectivity index is 0.00000172. The predicted molar refractivity (Wildman–Crippen MR) is 109 cm³/mol. The van der Waals surface area contributed by atoms with Crippen molar-refractivity contribution in [1.82, 2.24) is 0 Å². The maximum absolute atomic E-state index is 11.8. The van der Waals surface area contributed by atoms with Crippen molar-refractivity contribution < 1.29 is 0 Å². The normalized spacial score (nSPS) is 11.8. The summed E-state index contributed by atoms with van der Waals surface area (Å²) in [5.41, 5.74) is -0.0933. The molecule has 0 bridgehead atoms. The van der Waals surface area contributed by atoms with Crippen LogP contribution in [-0.4, -0.2) is 36.4 Å². The average molecular weight is 714 g/mol. The van der Waals surface area contributed by atoms with E-state index in [0.717, 1.165) is 0 Å². The summed E-state index contributed by atoms with van der Waals surface area (Å²) in [4.78, 5) is 23.4. The Morgan fingerprint density at radius 3 is 1.65 bits per heavy atom. The zero-order chi connectivity index (χ0) is 16.5. The monoisotopic (exact) mass is 714 g/mol. The number of hydrogen-bond acceptors (Lipinski definition) is 5. The number of thiol groups is 1. The number of nitrogens with zero attached hydrogens (tertiary/aromatic N) is 2. The van der Waals surface area contributed by atoms with Crippen molar-refractivity contribution in [3.05, 3.63) is 20.4 Å². The molecule has 112 valence electrons. The second-order valence-electron chi connectivity index (χ2n) is 5.07. The molecule has 0 heterocycles. The summed E-state index contributed by atoms with van der Waals surface area (Å²) in [5.74, 6) is 0. The first kappa shape index (κ1) is 21.4. The Morgan fingerprint density at radius 1 is 1.00 bits per heavy atom. The average Bonchev–Trinajstić information content (AvgIpc) is 2.34. The fourth-order valence-corrected chi connectivity index (χ4v) is 3.99. The molecule has 0 saturated carbocycles. The minimum absolute atomic E-state index is 0.311. The fourth-order valence-electron chi connectivity index (χ4n) is 1.27. The molecule has 0 amide bonds. The van der Waals surface area contributed by atoms with Crippen LogP contribution in [0.5, 0.6) is 0 Å². The van der Waals surface area contributed by atoms with E-state index >= 15 is 0 Å². The van der Waals surface area contributed by atoms with Crippen LogP contribution in [0.3, 0.4) is 0 Å². The van der Waals surface area contributed by atoms with Gasteiger partial charge in [0.1, 0.15) is 0 Å². The van der Waals surface area contributed by atoms with Crippen LogP contribution in [0.4, 0.5) is 11.4 Å². The first-order valence-electron chi connectivity index (χ1n) is 6.15. The third-order valence-electron chi connectivity index (χ3n) is 3.26. The van der Waals surface area contributed by atoms with Crippen LogP contribution in [0.1, 0.15) is 41.5 Å². The molecule has 0 aliphatic carbocycles. The van der Waals surface area contributed by atoms with Gasteiger partial charge in [0.05, 0.1) is 0 Å². The molecular weight excluding hydrogens is 694 g/mol. The van der Waals surface area contributed by atoms with E-state index in [0.29, 0.717) is 37.4 Å². The zero-order valence-corrected chi connectivity index (χ0v) is 22.2. The van der Waals surface area contributed by atoms with Crippen molar-refractivity contribution in [3.8, 4) is 0 Å². The van der Waals surface area contributed by atoms with E-state index in [2.05, 4.69) is 58.4 Å². The summed E-state index contributed by atoms with van der Waals surface area (Å²) < 4.78 is 3.36. The van der Waals surface area contributed by atoms with E-state index in [1.54, 1.807) is 0 Å². The topological polar surface area (TPSA) is 40.6 Å². The summed E-state index contributed by atoms with van der Waals surface area (Å²) in [6.45, 7) is 12.0. The molecule has 0 fully saturated rings. The van der Waals surface area contributed by atoms with E-state index in [1.165, 1.54) is 0 Å². The van der Waals surface area contributed by atoms with Gasteiger partial charge in [-0.1, -0.05) is 13.8 Å². The van der Waals surface area contributed by atoms with Crippen molar-refractivity contribution in [2.75, 3.05) is 4.04 Å². The number of anilines is 2. The Morgan fingerprint density at radius 2 is 1.35 bits per heavy atom. The van der Waals surface area contributed by atoms with Crippen molar-refractivity contribution >= 4 is 95.8 Å². The van der Waals surface area contributed by atoms with Crippen LogP contribution in [0.2, 0.25) is 0 Å². The zero-order valence-electron chi connectivity index (χ0n) is 12.5. The van der Waals surface area contributed by atoms with Gasteiger partial charge < -0.3 is 0 Å². The Kier molecular flexibility index (Phi) is 8.35. The molecule has 8 heteroatoms. The standard InChI is InChI=1S/C10H14I2N2O2S.C2H6.Tl/c1-9(2,10(3,4)17)14(12)6-5(13-11)7(15)8(6)16;1-2;/h1-4H3,(H2,13,16,17);1-2H3;/q;;+1/p-1. The first-order valence-corrected chi connectivity index (χ1v) is 10.5. The fraction of sp³-hybridized carbons (Fsp3) is 0.667. The molecule has 0 unspecified atom stereocenters. The molecule has 1 aromatic carbocycles. The van der Waals surface area contributed by atoms with Gasteiger partial charge in [0.15, 0.2) is 0 Å². The van der Waals surface area contributed by atoms with Gasteiger partial charge in [-0.2, -0.15) is 0 Å². The van der Waals surface area contributed by atoms with Crippen LogP contribution in [0, 0.1) is 0 Å². The van der Waals surface area contributed by atoms with Gasteiger partial charge in [0, 0.05) is 0 Å². The number of rotatable bonds is 4. The van der Waals surface area contributed by atoms with Crippen LogP contribution >= 0.6 is 58.4 Å². The third-order valence-corrected chi connectivity index (χ3v) is 6.98. The molecule has 1 rings (SSSR count). The van der Waals surface area contributed by atoms with Gasteiger partial charge >= 0.3 is 158 Å². The second-order valence-corrected chi connectivity index (χ2v) is 14.3. The quantitative estimate of drug-likeness (QED) is 0.171. The van der Waals surface area contributed by atoms with Crippen molar-refractivity contribution in [2.45, 2.75) is 51.8 Å². The summed E-state index contributed by atoms with van der Waals surface area (Å²) in [6, 6.07) is 0. The molecule has 0 radical (unpaired) electrons. The van der Waals surface area contributed by atoms with Crippen LogP contribution in [0.15, 0.2) is 9.59 Å². The molecule has 0 N–H and O–H groups in total. The minimum atomic E-state index is -0.396. The van der Waals surface area contributed by atoms with E-state index in [9.17, 15) is 9.59 Å². The molecule has 4 nitrogen and oxygen atoms in total. The van der Waals surface area contributed by atoms with Crippen LogP contribution in [0.25, 0.3) is 0 Å². The molecule has 0 aliphatic heterocycles. The van der Waals surface area contributed by atoms with E-state index in [-0.39, 0.29) is 15.7 Å². The summed E-state index contributed by atoms with van der Waals surface area (Å²) in [6.07, 6.45) is 0. The molecule has 0 spiro atoms. The van der Waals surface area contributed by atoms with Gasteiger partial charge in [-0.25, -0.2) is 0 Å². The predicted octanol–water partition coefficient (Wildman–Crippen LogP) is 3.19. The van der Waals surface area contributed by atoms with Gasteiger partial charge in [-0.3, -0.25) is 0 Å². The van der Waals surface area contributed by atoms with Crippen molar-refractivity contribution in [2.24, 2.45) is 0 Å². The molecule has 0 aliphatic rings. The van der Waals surface area contributed by atoms with Gasteiger partial charge in [0.2, 0.25) is 0 Å². The SMILES string of the molecule is CC.CC(C)(S)C(C)(C)N(I)c1c([N](I)[Tl])c(=O)c1=O. The molecule has 0 atom stereocenters. The van der Waals surface area contributed by atoms with Gasteiger partial charge in [-0.15, -0.1) is 0 Å². The van der Waals surface area contributed by atoms with Crippen molar-refractivity contribution in [3.63, 3.8) is 0 Å². The van der Waals surface area contributed by atoms with E-state index in [4.69, 9.17) is 0 Å². The second kappa shape index (κ2) is 7.80. The van der Waals surface area contributed by atoms with E-state index in [1.807, 2.05) is 45.6 Å². The summed E-state index contributed by atoms with van der Waals surface area (Å²) in [7, 11) is 0. The molecule has 20 heavy (non-hydrogen) atoms. The Bertz CT molecular complexity index is 534. The van der Waals surface area contributed by atoms with Gasteiger partial charge in [0.25, 0.3) is 0 Å². The Labute approximate surface area is 170 Å². The summed E-state index contributed by atoms with van der Waals surface area (Å²) >= 11 is 9.25. The van der Waals surface area contributed by atoms with Crippen LogP contribution < -0.4 is 14.9 Å². The molecule has 1 aromatic rings. The van der Waals surface area contributed by atoms with E-state index < -0.39 is 5.43 Å². The molecular formula is C12H19I2N2O2STl. The van der Waals surface area contributed by atoms with Crippen molar-refractivity contribution in [1.29, 1.82) is 0 Å². The Hall–Kier alpha value is 1.41. The summed E-state index contributed by atoms with van der Waals surface area (Å²) in [5, 5.41) is 0. The third kappa shape index (κ3) is 4.03. The number of halogens is 2. The van der Waals surface area contributed by atoms with Gasteiger partial charge in [-0.05, 0) is 0 Å².